The van der Waals surface area contributed by atoms with Gasteiger partial charge in [0.2, 0.25) is 5.88 Å². The highest BCUT2D eigenvalue weighted by Gasteiger charge is 2.30. The molecule has 3 rings (SSSR count). The lowest BCUT2D eigenvalue weighted by Crippen LogP contribution is -2.22. The fourth-order valence-electron chi connectivity index (χ4n) is 3.01. The molecule has 148 valence electrons. The van der Waals surface area contributed by atoms with Crippen molar-refractivity contribution >= 4 is 0 Å². The molecule has 1 heterocycles. The van der Waals surface area contributed by atoms with Crippen molar-refractivity contribution < 1.29 is 17.9 Å². The SMILES string of the molecule is COc1cc([C@@H](C)N[C@H](C)c2ccccc2)nn1-c1ccc(C(F)(F)F)cc1. The van der Waals surface area contributed by atoms with Crippen LogP contribution in [-0.4, -0.2) is 16.9 Å². The Morgan fingerprint density at radius 3 is 2.18 bits per heavy atom. The van der Waals surface area contributed by atoms with Gasteiger partial charge in [-0.2, -0.15) is 18.3 Å². The first kappa shape index (κ1) is 19.9. The number of rotatable bonds is 6. The molecule has 0 saturated carbocycles. The van der Waals surface area contributed by atoms with Gasteiger partial charge in [0, 0.05) is 18.2 Å². The van der Waals surface area contributed by atoms with Gasteiger partial charge in [0.25, 0.3) is 0 Å². The molecule has 0 fully saturated rings. The highest BCUT2D eigenvalue weighted by molar-refractivity contribution is 5.39. The number of alkyl halides is 3. The van der Waals surface area contributed by atoms with E-state index in [0.29, 0.717) is 11.6 Å². The second-order valence-electron chi connectivity index (χ2n) is 6.59. The van der Waals surface area contributed by atoms with E-state index in [1.165, 1.54) is 23.9 Å². The predicted octanol–water partition coefficient (Wildman–Crippen LogP) is 5.31. The summed E-state index contributed by atoms with van der Waals surface area (Å²) in [6, 6.07) is 16.7. The van der Waals surface area contributed by atoms with Crippen molar-refractivity contribution in [3.05, 3.63) is 77.5 Å². The van der Waals surface area contributed by atoms with Gasteiger partial charge in [0.05, 0.1) is 24.1 Å². The molecule has 1 N–H and O–H groups in total. The lowest BCUT2D eigenvalue weighted by atomic mass is 10.1. The highest BCUT2D eigenvalue weighted by Crippen LogP contribution is 2.31. The topological polar surface area (TPSA) is 39.1 Å². The van der Waals surface area contributed by atoms with E-state index in [0.717, 1.165) is 23.4 Å². The minimum Gasteiger partial charge on any atom is -0.481 e. The van der Waals surface area contributed by atoms with Crippen LogP contribution in [0.25, 0.3) is 5.69 Å². The summed E-state index contributed by atoms with van der Waals surface area (Å²) >= 11 is 0. The number of hydrogen-bond acceptors (Lipinski definition) is 3. The van der Waals surface area contributed by atoms with Gasteiger partial charge in [-0.25, -0.2) is 4.68 Å². The van der Waals surface area contributed by atoms with Gasteiger partial charge < -0.3 is 10.1 Å². The molecule has 7 heteroatoms. The molecule has 0 radical (unpaired) electrons. The summed E-state index contributed by atoms with van der Waals surface area (Å²) in [5.74, 6) is 0.454. The summed E-state index contributed by atoms with van der Waals surface area (Å²) in [5.41, 5.74) is 1.69. The van der Waals surface area contributed by atoms with Crippen molar-refractivity contribution in [2.45, 2.75) is 32.1 Å². The van der Waals surface area contributed by atoms with Crippen LogP contribution < -0.4 is 10.1 Å². The van der Waals surface area contributed by atoms with Crippen LogP contribution in [0.15, 0.2) is 60.7 Å². The summed E-state index contributed by atoms with van der Waals surface area (Å²) in [4.78, 5) is 0. The second kappa shape index (κ2) is 8.06. The van der Waals surface area contributed by atoms with Gasteiger partial charge >= 0.3 is 6.18 Å². The highest BCUT2D eigenvalue weighted by atomic mass is 19.4. The Balaban J connectivity index is 1.82. The molecule has 4 nitrogen and oxygen atoms in total. The zero-order valence-corrected chi connectivity index (χ0v) is 15.9. The maximum Gasteiger partial charge on any atom is 0.416 e. The number of halogens is 3. The summed E-state index contributed by atoms with van der Waals surface area (Å²) in [6.07, 6.45) is -4.37. The molecular formula is C21H22F3N3O. The van der Waals surface area contributed by atoms with Crippen molar-refractivity contribution in [1.82, 2.24) is 15.1 Å². The normalized spacial score (nSPS) is 13.9. The number of methoxy groups -OCH3 is 1. The van der Waals surface area contributed by atoms with E-state index in [9.17, 15) is 13.2 Å². The quantitative estimate of drug-likeness (QED) is 0.621. The molecule has 0 amide bonds. The van der Waals surface area contributed by atoms with Crippen LogP contribution in [0, 0.1) is 0 Å². The second-order valence-corrected chi connectivity index (χ2v) is 6.59. The van der Waals surface area contributed by atoms with Gasteiger partial charge in [-0.15, -0.1) is 0 Å². The Morgan fingerprint density at radius 1 is 0.964 bits per heavy atom. The average Bonchev–Trinajstić information content (AvgIpc) is 3.12. The summed E-state index contributed by atoms with van der Waals surface area (Å²) in [7, 11) is 1.51. The Morgan fingerprint density at radius 2 is 1.61 bits per heavy atom. The molecule has 0 aliphatic heterocycles. The molecule has 28 heavy (non-hydrogen) atoms. The third-order valence-corrected chi connectivity index (χ3v) is 4.59. The first-order valence-corrected chi connectivity index (χ1v) is 8.92. The molecule has 0 unspecified atom stereocenters. The van der Waals surface area contributed by atoms with Crippen molar-refractivity contribution in [3.8, 4) is 11.6 Å². The number of ether oxygens (including phenoxy) is 1. The molecular weight excluding hydrogens is 367 g/mol. The van der Waals surface area contributed by atoms with Crippen LogP contribution >= 0.6 is 0 Å². The van der Waals surface area contributed by atoms with Crippen LogP contribution in [0.2, 0.25) is 0 Å². The van der Waals surface area contributed by atoms with E-state index in [1.54, 1.807) is 6.07 Å². The minimum absolute atomic E-state index is 0.0835. The third-order valence-electron chi connectivity index (χ3n) is 4.59. The Hall–Kier alpha value is -2.80. The number of nitrogens with zero attached hydrogens (tertiary/aromatic N) is 2. The Kier molecular flexibility index (Phi) is 5.74. The molecule has 0 bridgehead atoms. The van der Waals surface area contributed by atoms with Gasteiger partial charge in [0.1, 0.15) is 0 Å². The maximum absolute atomic E-state index is 12.8. The standard InChI is InChI=1S/C21H22F3N3O/c1-14(16-7-5-4-6-8-16)25-15(2)19-13-20(28-3)27(26-19)18-11-9-17(10-12-18)21(22,23)24/h4-15,25H,1-3H3/t14-,15-/m1/s1. The summed E-state index contributed by atoms with van der Waals surface area (Å²) in [6.45, 7) is 4.05. The summed E-state index contributed by atoms with van der Waals surface area (Å²) < 4.78 is 45.2. The Labute approximate surface area is 162 Å². The molecule has 0 saturated heterocycles. The van der Waals surface area contributed by atoms with E-state index in [1.807, 2.05) is 37.3 Å². The first-order valence-electron chi connectivity index (χ1n) is 8.92. The largest absolute Gasteiger partial charge is 0.481 e. The van der Waals surface area contributed by atoms with E-state index in [4.69, 9.17) is 4.74 Å². The molecule has 1 aromatic heterocycles. The first-order chi connectivity index (χ1) is 13.3. The van der Waals surface area contributed by atoms with Crippen molar-refractivity contribution in [2.24, 2.45) is 0 Å². The van der Waals surface area contributed by atoms with Crippen LogP contribution in [0.3, 0.4) is 0 Å². The van der Waals surface area contributed by atoms with Gasteiger partial charge in [-0.3, -0.25) is 0 Å². The molecule has 2 atom stereocenters. The number of benzene rings is 2. The smallest absolute Gasteiger partial charge is 0.416 e. The fraction of sp³-hybridized carbons (Fsp3) is 0.286. The molecule has 0 aliphatic carbocycles. The summed E-state index contributed by atoms with van der Waals surface area (Å²) in [5, 5.41) is 8.02. The van der Waals surface area contributed by atoms with E-state index in [2.05, 4.69) is 17.3 Å². The van der Waals surface area contributed by atoms with Gasteiger partial charge in [-0.1, -0.05) is 30.3 Å². The monoisotopic (exact) mass is 389 g/mol. The van der Waals surface area contributed by atoms with Crippen molar-refractivity contribution in [1.29, 1.82) is 0 Å². The van der Waals surface area contributed by atoms with Crippen LogP contribution in [0.1, 0.15) is 42.8 Å². The fourth-order valence-corrected chi connectivity index (χ4v) is 3.01. The van der Waals surface area contributed by atoms with E-state index >= 15 is 0 Å². The van der Waals surface area contributed by atoms with E-state index < -0.39 is 11.7 Å². The lowest BCUT2D eigenvalue weighted by Gasteiger charge is -2.19. The number of hydrogen-bond donors (Lipinski definition) is 1. The van der Waals surface area contributed by atoms with Gasteiger partial charge in [-0.05, 0) is 43.7 Å². The molecule has 0 spiro atoms. The van der Waals surface area contributed by atoms with Crippen LogP contribution in [0.4, 0.5) is 13.2 Å². The predicted molar refractivity (Wildman–Crippen MR) is 102 cm³/mol. The number of aromatic nitrogens is 2. The third kappa shape index (κ3) is 4.36. The van der Waals surface area contributed by atoms with Crippen LogP contribution in [0.5, 0.6) is 5.88 Å². The zero-order chi connectivity index (χ0) is 20.3. The lowest BCUT2D eigenvalue weighted by molar-refractivity contribution is -0.137. The molecule has 2 aromatic carbocycles. The Bertz CT molecular complexity index is 905. The average molecular weight is 389 g/mol. The minimum atomic E-state index is -4.37. The van der Waals surface area contributed by atoms with Gasteiger partial charge in [0.15, 0.2) is 0 Å². The van der Waals surface area contributed by atoms with Crippen molar-refractivity contribution in [3.63, 3.8) is 0 Å². The zero-order valence-electron chi connectivity index (χ0n) is 15.9. The number of nitrogens with one attached hydrogen (secondary N) is 1. The maximum atomic E-state index is 12.8. The molecule has 3 aromatic rings. The van der Waals surface area contributed by atoms with Crippen molar-refractivity contribution in [2.75, 3.05) is 7.11 Å². The van der Waals surface area contributed by atoms with E-state index in [-0.39, 0.29) is 12.1 Å². The van der Waals surface area contributed by atoms with Crippen LogP contribution in [-0.2, 0) is 6.18 Å². The molecule has 0 aliphatic rings.